The number of rotatable bonds is 11. The van der Waals surface area contributed by atoms with Gasteiger partial charge in [-0.25, -0.2) is 0 Å². The summed E-state index contributed by atoms with van der Waals surface area (Å²) in [5.41, 5.74) is 15.7. The Balaban J connectivity index is 1.54. The summed E-state index contributed by atoms with van der Waals surface area (Å²) in [5.74, 6) is -0.618. The molecule has 1 aliphatic carbocycles. The summed E-state index contributed by atoms with van der Waals surface area (Å²) in [4.78, 5) is 13.0. The van der Waals surface area contributed by atoms with Crippen molar-refractivity contribution in [3.05, 3.63) is 11.8 Å². The van der Waals surface area contributed by atoms with Crippen LogP contribution in [-0.4, -0.2) is 139 Å². The van der Waals surface area contributed by atoms with E-state index in [1.54, 1.807) is 7.05 Å². The van der Waals surface area contributed by atoms with Crippen LogP contribution in [0.1, 0.15) is 26.2 Å². The van der Waals surface area contributed by atoms with Crippen molar-refractivity contribution < 1.29 is 39.4 Å². The Labute approximate surface area is 240 Å². The lowest BCUT2D eigenvalue weighted by Crippen LogP contribution is -2.72. The van der Waals surface area contributed by atoms with Gasteiger partial charge in [-0.15, -0.1) is 0 Å². The van der Waals surface area contributed by atoms with Crippen LogP contribution in [0, 0.1) is 5.92 Å². The molecule has 0 radical (unpaired) electrons. The summed E-state index contributed by atoms with van der Waals surface area (Å²) in [7, 11) is 1.60. The summed E-state index contributed by atoms with van der Waals surface area (Å²) in [6.07, 6.45) is -2.15. The Kier molecular flexibility index (Phi) is 10.6. The molecule has 11 atom stereocenters. The summed E-state index contributed by atoms with van der Waals surface area (Å²) >= 11 is 0. The van der Waals surface area contributed by atoms with E-state index < -0.39 is 77.9 Å². The third-order valence-electron chi connectivity index (χ3n) is 8.72. The van der Waals surface area contributed by atoms with Gasteiger partial charge in [-0.2, -0.15) is 0 Å². The number of aliphatic hydroxyl groups excluding tert-OH is 2. The second-order valence-corrected chi connectivity index (χ2v) is 12.0. The molecule has 0 spiro atoms. The van der Waals surface area contributed by atoms with Crippen molar-refractivity contribution in [3.63, 3.8) is 0 Å². The van der Waals surface area contributed by atoms with Crippen LogP contribution in [0.25, 0.3) is 0 Å². The molecular formula is C26H49N7O8. The van der Waals surface area contributed by atoms with Gasteiger partial charge in [0.05, 0.1) is 31.3 Å². The number of hydrogen-bond donors (Lipinski definition) is 11. The van der Waals surface area contributed by atoms with Crippen LogP contribution in [0.3, 0.4) is 0 Å². The quantitative estimate of drug-likeness (QED) is 0.101. The first-order valence-electron chi connectivity index (χ1n) is 14.5. The van der Waals surface area contributed by atoms with Crippen LogP contribution in [0.15, 0.2) is 11.8 Å². The minimum absolute atomic E-state index is 0.0941. The lowest BCUT2D eigenvalue weighted by atomic mass is 9.72. The average Bonchev–Trinajstić information content (AvgIpc) is 2.90. The number of carbonyl (C=O) groups is 1. The van der Waals surface area contributed by atoms with Gasteiger partial charge in [0.15, 0.2) is 11.9 Å². The number of nitrogens with two attached hydrogens (primary N) is 3. The molecule has 2 saturated heterocycles. The number of nitrogens with one attached hydrogen (secondary N) is 4. The normalized spacial score (nSPS) is 42.5. The van der Waals surface area contributed by atoms with E-state index in [1.807, 2.05) is 6.08 Å². The lowest BCUT2D eigenvalue weighted by Gasteiger charge is -2.51. The highest BCUT2D eigenvalue weighted by atomic mass is 16.7. The smallest absolute Gasteiger partial charge is 0.254 e. The first-order chi connectivity index (χ1) is 19.4. The zero-order valence-corrected chi connectivity index (χ0v) is 23.9. The van der Waals surface area contributed by atoms with Crippen molar-refractivity contribution in [2.45, 2.75) is 92.3 Å². The molecule has 1 amide bonds. The van der Waals surface area contributed by atoms with Crippen LogP contribution < -0.4 is 38.5 Å². The minimum Gasteiger partial charge on any atom is -0.492 e. The highest BCUT2D eigenvalue weighted by molar-refractivity contribution is 5.87. The second kappa shape index (κ2) is 13.4. The largest absolute Gasteiger partial charge is 0.492 e. The number of carbonyl (C=O) groups excluding carboxylic acids is 1. The van der Waals surface area contributed by atoms with E-state index in [4.69, 9.17) is 31.4 Å². The third kappa shape index (κ3) is 7.03. The van der Waals surface area contributed by atoms with Crippen LogP contribution in [-0.2, 0) is 19.0 Å². The van der Waals surface area contributed by atoms with Gasteiger partial charge < -0.3 is 73.1 Å². The van der Waals surface area contributed by atoms with Crippen molar-refractivity contribution >= 4 is 5.91 Å². The highest BCUT2D eigenvalue weighted by Crippen LogP contribution is 2.36. The van der Waals surface area contributed by atoms with E-state index in [0.717, 1.165) is 13.0 Å². The fraction of sp³-hybridized carbons (Fsp3) is 0.885. The number of amides is 1. The van der Waals surface area contributed by atoms with Crippen molar-refractivity contribution in [2.75, 3.05) is 46.4 Å². The standard InChI is InChI=1S/C26H49N7O8/c1-25(37)12-39-23(19(35)22(25)30-2)41-21-16(33-24(36)26(38)10-32-11-26)8-15(29)17(18(21)34)20-14(28)5-4-13(40-20)9-31-7-3-6-27/h4,14-23,30-32,34-35,37-38H,3,5-12,27-29H2,1-2H3,(H,33,36)/t14-,15+,16-,17?,18+,19-,20+,21+,22-,23-,25+/m1/s1. The van der Waals surface area contributed by atoms with Gasteiger partial charge in [-0.05, 0) is 52.4 Å². The predicted molar refractivity (Wildman–Crippen MR) is 148 cm³/mol. The van der Waals surface area contributed by atoms with Crippen LogP contribution in [0.5, 0.6) is 0 Å². The molecule has 0 aromatic heterocycles. The van der Waals surface area contributed by atoms with Crippen LogP contribution in [0.4, 0.5) is 0 Å². The fourth-order valence-electron chi connectivity index (χ4n) is 6.22. The molecule has 41 heavy (non-hydrogen) atoms. The van der Waals surface area contributed by atoms with Gasteiger partial charge in [0.2, 0.25) is 0 Å². The number of β-amino-alcohol motifs (C(OH)–C–C–N with tert-alkyl or cyclic N) is 1. The Morgan fingerprint density at radius 1 is 1.22 bits per heavy atom. The molecule has 4 rings (SSSR count). The topological polar surface area (TPSA) is 252 Å². The van der Waals surface area contributed by atoms with Crippen molar-refractivity contribution in [3.8, 4) is 0 Å². The number of ether oxygens (including phenoxy) is 3. The molecule has 4 aliphatic rings. The molecule has 3 heterocycles. The third-order valence-corrected chi connectivity index (χ3v) is 8.72. The van der Waals surface area contributed by atoms with Gasteiger partial charge in [0, 0.05) is 31.1 Å². The fourth-order valence-corrected chi connectivity index (χ4v) is 6.22. The first-order valence-corrected chi connectivity index (χ1v) is 14.5. The molecule has 1 unspecified atom stereocenters. The van der Waals surface area contributed by atoms with Gasteiger partial charge >= 0.3 is 0 Å². The number of likely N-dealkylation sites (N-methyl/N-ethyl adjacent to an activating group) is 1. The van der Waals surface area contributed by atoms with E-state index in [2.05, 4.69) is 21.3 Å². The van der Waals surface area contributed by atoms with Gasteiger partial charge in [0.1, 0.15) is 29.7 Å². The van der Waals surface area contributed by atoms with Crippen LogP contribution in [0.2, 0.25) is 0 Å². The first kappa shape index (κ1) is 32.4. The molecule has 0 bridgehead atoms. The van der Waals surface area contributed by atoms with Gasteiger partial charge in [0.25, 0.3) is 5.91 Å². The van der Waals surface area contributed by atoms with Crippen molar-refractivity contribution in [1.82, 2.24) is 21.3 Å². The molecular weight excluding hydrogens is 538 g/mol. The van der Waals surface area contributed by atoms with Crippen molar-refractivity contribution in [2.24, 2.45) is 23.1 Å². The van der Waals surface area contributed by atoms with E-state index in [0.29, 0.717) is 25.3 Å². The molecule has 14 N–H and O–H groups in total. The maximum absolute atomic E-state index is 13.0. The number of aliphatic hydroxyl groups is 4. The molecule has 0 aromatic rings. The highest BCUT2D eigenvalue weighted by Gasteiger charge is 2.54. The molecule has 0 aromatic carbocycles. The Hall–Kier alpha value is -1.47. The Morgan fingerprint density at radius 3 is 2.59 bits per heavy atom. The monoisotopic (exact) mass is 587 g/mol. The zero-order valence-electron chi connectivity index (χ0n) is 23.9. The SMILES string of the molecule is CN[C@@H]1[C@@H](O)[C@@H](O[C@H]2[C@H](NC(=O)C3(O)CNC3)C[C@H](N)C([C@H]3OC(CNCCCN)=CC[C@H]3N)[C@@H]2O)OC[C@]1(C)O. The van der Waals surface area contributed by atoms with E-state index in [9.17, 15) is 25.2 Å². The molecule has 15 heteroatoms. The molecule has 1 saturated carbocycles. The maximum Gasteiger partial charge on any atom is 0.254 e. The minimum atomic E-state index is -1.58. The average molecular weight is 588 g/mol. The van der Waals surface area contributed by atoms with Crippen molar-refractivity contribution in [1.29, 1.82) is 0 Å². The van der Waals surface area contributed by atoms with E-state index in [-0.39, 0.29) is 26.1 Å². The maximum atomic E-state index is 13.0. The second-order valence-electron chi connectivity index (χ2n) is 12.0. The summed E-state index contributed by atoms with van der Waals surface area (Å²) in [6.45, 7) is 3.35. The van der Waals surface area contributed by atoms with Gasteiger partial charge in [-0.1, -0.05) is 0 Å². The molecule has 3 fully saturated rings. The van der Waals surface area contributed by atoms with E-state index in [1.165, 1.54) is 6.92 Å². The van der Waals surface area contributed by atoms with Crippen LogP contribution >= 0.6 is 0 Å². The molecule has 3 aliphatic heterocycles. The van der Waals surface area contributed by atoms with E-state index >= 15 is 0 Å². The lowest BCUT2D eigenvalue weighted by molar-refractivity contribution is -0.297. The summed E-state index contributed by atoms with van der Waals surface area (Å²) < 4.78 is 18.2. The molecule has 15 nitrogen and oxygen atoms in total. The predicted octanol–water partition coefficient (Wildman–Crippen LogP) is -5.11. The summed E-state index contributed by atoms with van der Waals surface area (Å²) in [6, 6.07) is -2.72. The Morgan fingerprint density at radius 2 is 1.95 bits per heavy atom. The Bertz CT molecular complexity index is 922. The zero-order chi connectivity index (χ0) is 29.9. The summed E-state index contributed by atoms with van der Waals surface area (Å²) in [5, 5.41) is 55.9. The van der Waals surface area contributed by atoms with Gasteiger partial charge in [-0.3, -0.25) is 4.79 Å². The molecule has 236 valence electrons. The number of hydrogen-bond acceptors (Lipinski definition) is 14.